The predicted octanol–water partition coefficient (Wildman–Crippen LogP) is 12.5. The van der Waals surface area contributed by atoms with Gasteiger partial charge < -0.3 is 68.5 Å². The van der Waals surface area contributed by atoms with Crippen LogP contribution in [0.3, 0.4) is 0 Å². The molecule has 0 spiro atoms. The van der Waals surface area contributed by atoms with Gasteiger partial charge in [0.05, 0.1) is 134 Å². The first-order chi connectivity index (χ1) is 34.3. The van der Waals surface area contributed by atoms with Crippen molar-refractivity contribution in [2.24, 2.45) is 0 Å². The third kappa shape index (κ3) is 119. The van der Waals surface area contributed by atoms with Crippen LogP contribution in [0.25, 0.3) is 0 Å². The molecule has 0 aromatic heterocycles. The fraction of sp³-hybridized carbons (Fsp3) is 0.935. The highest BCUT2D eigenvalue weighted by molar-refractivity contribution is 6.18. The van der Waals surface area contributed by atoms with Gasteiger partial charge in [-0.05, 0) is 198 Å². The molecular weight excluding hydrogens is 1000 g/mol. The van der Waals surface area contributed by atoms with Crippen LogP contribution < -0.4 is 0 Å². The van der Waals surface area contributed by atoms with Crippen LogP contribution in [0, 0.1) is 24.7 Å². The first-order valence-electron chi connectivity index (χ1n) is 28.0. The van der Waals surface area contributed by atoms with Gasteiger partial charge in [-0.2, -0.15) is 0 Å². The minimum atomic E-state index is -0.541. The Balaban J connectivity index is -0.000000118. The molecule has 0 saturated carbocycles. The zero-order valence-corrected chi connectivity index (χ0v) is 56.3. The van der Waals surface area contributed by atoms with Crippen molar-refractivity contribution in [3.05, 3.63) is 0 Å². The molecule has 6 atom stereocenters. The Morgan fingerprint density at radius 3 is 0.610 bits per heavy atom. The van der Waals surface area contributed by atoms with Gasteiger partial charge >= 0.3 is 0 Å². The van der Waals surface area contributed by atoms with Crippen molar-refractivity contribution in [2.45, 2.75) is 321 Å². The van der Waals surface area contributed by atoms with Crippen LogP contribution in [-0.4, -0.2) is 171 Å². The van der Waals surface area contributed by atoms with E-state index in [2.05, 4.69) is 11.8 Å². The fourth-order valence-corrected chi connectivity index (χ4v) is 3.47. The van der Waals surface area contributed by atoms with Gasteiger partial charge in [-0.1, -0.05) is 40.5 Å². The first kappa shape index (κ1) is 92.3. The smallest absolute Gasteiger partial charge is 0.108 e. The number of terminal acetylenes is 2. The summed E-state index contributed by atoms with van der Waals surface area (Å²) in [5, 5.41) is 54.4. The summed E-state index contributed by atoms with van der Waals surface area (Å²) < 4.78 is 42.4. The number of hydrogen-bond acceptors (Lipinski definition) is 14. The molecule has 0 aromatic carbocycles. The van der Waals surface area contributed by atoms with Gasteiger partial charge in [-0.15, -0.1) is 30.4 Å². The molecule has 0 fully saturated rings. The molecule has 0 saturated heterocycles. The molecule has 0 aliphatic rings. The molecule has 2 unspecified atom stereocenters. The number of aliphatic hydroxyl groups excluding tert-OH is 6. The maximum atomic E-state index is 9.10. The molecule has 14 nitrogen and oxygen atoms in total. The van der Waals surface area contributed by atoms with Crippen LogP contribution in [0.5, 0.6) is 0 Å². The molecule has 0 bridgehead atoms. The number of hydrogen-bond donors (Lipinski definition) is 6. The Morgan fingerprint density at radius 2 is 0.494 bits per heavy atom. The molecule has 77 heavy (non-hydrogen) atoms. The summed E-state index contributed by atoms with van der Waals surface area (Å²) in [6.07, 6.45) is 12.4. The van der Waals surface area contributed by atoms with Crippen molar-refractivity contribution in [3.63, 3.8) is 0 Å². The van der Waals surface area contributed by atoms with E-state index in [0.29, 0.717) is 59.3 Å². The molecule has 0 heterocycles. The lowest BCUT2D eigenvalue weighted by Gasteiger charge is -2.21. The van der Waals surface area contributed by atoms with Crippen molar-refractivity contribution in [2.75, 3.05) is 58.7 Å². The van der Waals surface area contributed by atoms with Gasteiger partial charge in [0.2, 0.25) is 0 Å². The number of halogens is 1. The first-order valence-corrected chi connectivity index (χ1v) is 28.5. The molecule has 0 radical (unpaired) electrons. The van der Waals surface area contributed by atoms with E-state index in [9.17, 15) is 0 Å². The van der Waals surface area contributed by atoms with E-state index < -0.39 is 6.10 Å². The molecule has 0 amide bonds. The minimum absolute atomic E-state index is 0.0448. The summed E-state index contributed by atoms with van der Waals surface area (Å²) in [5.41, 5.74) is -0.967. The normalized spacial score (nSPS) is 14.3. The van der Waals surface area contributed by atoms with Crippen LogP contribution in [-0.2, 0) is 37.9 Å². The topological polar surface area (TPSA) is 195 Å². The summed E-state index contributed by atoms with van der Waals surface area (Å²) in [6.45, 7) is 60.8. The molecule has 470 valence electrons. The average molecular weight is 1140 g/mol. The van der Waals surface area contributed by atoms with Crippen molar-refractivity contribution in [1.29, 1.82) is 0 Å². The van der Waals surface area contributed by atoms with Crippen molar-refractivity contribution in [3.8, 4) is 24.7 Å². The zero-order valence-electron chi connectivity index (χ0n) is 55.6. The molecule has 0 aliphatic heterocycles. The predicted molar refractivity (Wildman–Crippen MR) is 326 cm³/mol. The van der Waals surface area contributed by atoms with Crippen LogP contribution >= 0.6 is 11.6 Å². The van der Waals surface area contributed by atoms with E-state index in [1.165, 1.54) is 0 Å². The maximum absolute atomic E-state index is 9.10. The van der Waals surface area contributed by atoms with Crippen molar-refractivity contribution in [1.82, 2.24) is 0 Å². The van der Waals surface area contributed by atoms with Gasteiger partial charge in [0, 0.05) is 6.42 Å². The van der Waals surface area contributed by atoms with E-state index in [1.54, 1.807) is 0 Å². The maximum Gasteiger partial charge on any atom is 0.108 e. The Kier molecular flexibility index (Phi) is 60.6. The van der Waals surface area contributed by atoms with Gasteiger partial charge in [-0.3, -0.25) is 0 Å². The number of alkyl halides is 1. The highest BCUT2D eigenvalue weighted by atomic mass is 35.5. The summed E-state index contributed by atoms with van der Waals surface area (Å²) in [4.78, 5) is 0. The SMILES string of the molecule is C#CCCOC(C)(C)C.C#CCOC(C)(C)C.CC(C)(C)OC[C@@H](O)CCl.CCC(O)COC(C)(C)C.CCC(O)COC(C)(C)C.CC[C@@H](O)COC(C)(C)C.CC[C@@H](O)COC(C)(C)C.CC[C@H](O)COC(C)(C)C. The zero-order chi connectivity index (χ0) is 63.1. The number of ether oxygens (including phenoxy) is 8. The summed E-state index contributed by atoms with van der Waals surface area (Å²) >= 11 is 5.35. The number of rotatable bonds is 21. The fourth-order valence-electron chi connectivity index (χ4n) is 3.39. The molecular formula is C62H131ClO14. The Bertz CT molecular complexity index is 1120. The lowest BCUT2D eigenvalue weighted by molar-refractivity contribution is -0.0493. The lowest BCUT2D eigenvalue weighted by atomic mass is 10.2. The van der Waals surface area contributed by atoms with E-state index in [4.69, 9.17) is 93.0 Å². The van der Waals surface area contributed by atoms with Crippen molar-refractivity contribution >= 4 is 11.6 Å². The second kappa shape index (κ2) is 50.6. The second-order valence-electron chi connectivity index (χ2n) is 26.2. The van der Waals surface area contributed by atoms with Crippen LogP contribution in [0.2, 0.25) is 0 Å². The summed E-state index contributed by atoms with van der Waals surface area (Å²) in [5.74, 6) is 5.15. The second-order valence-corrected chi connectivity index (χ2v) is 26.5. The minimum Gasteiger partial charge on any atom is -0.391 e. The summed E-state index contributed by atoms with van der Waals surface area (Å²) in [7, 11) is 0. The van der Waals surface area contributed by atoms with Crippen molar-refractivity contribution < 1.29 is 68.5 Å². The van der Waals surface area contributed by atoms with Gasteiger partial charge in [-0.25, -0.2) is 0 Å². The average Bonchev–Trinajstić information content (AvgIpc) is 3.28. The third-order valence-electron chi connectivity index (χ3n) is 8.16. The monoisotopic (exact) mass is 1130 g/mol. The largest absolute Gasteiger partial charge is 0.391 e. The van der Waals surface area contributed by atoms with Crippen LogP contribution in [0.1, 0.15) is 239 Å². The Morgan fingerprint density at radius 1 is 0.312 bits per heavy atom. The van der Waals surface area contributed by atoms with Crippen LogP contribution in [0.4, 0.5) is 0 Å². The highest BCUT2D eigenvalue weighted by Gasteiger charge is 2.16. The van der Waals surface area contributed by atoms with Gasteiger partial charge in [0.1, 0.15) is 6.61 Å². The highest BCUT2D eigenvalue weighted by Crippen LogP contribution is 2.12. The molecule has 6 N–H and O–H groups in total. The quantitative estimate of drug-likeness (QED) is 0.0361. The molecule has 0 aliphatic carbocycles. The number of aliphatic hydroxyl groups is 6. The third-order valence-corrected chi connectivity index (χ3v) is 8.51. The summed E-state index contributed by atoms with van der Waals surface area (Å²) in [6, 6.07) is 0. The Hall–Kier alpha value is -1.15. The Labute approximate surface area is 482 Å². The van der Waals surface area contributed by atoms with E-state index >= 15 is 0 Å². The van der Waals surface area contributed by atoms with E-state index in [1.807, 2.05) is 201 Å². The van der Waals surface area contributed by atoms with E-state index in [0.717, 1.165) is 32.1 Å². The van der Waals surface area contributed by atoms with E-state index in [-0.39, 0.29) is 81.2 Å². The van der Waals surface area contributed by atoms with Crippen LogP contribution in [0.15, 0.2) is 0 Å². The van der Waals surface area contributed by atoms with Gasteiger partial charge in [0.15, 0.2) is 0 Å². The molecule has 15 heteroatoms. The molecule has 0 aromatic rings. The van der Waals surface area contributed by atoms with Gasteiger partial charge in [0.25, 0.3) is 0 Å². The lowest BCUT2D eigenvalue weighted by Crippen LogP contribution is -2.26. The molecule has 0 rings (SSSR count). The standard InChI is InChI=1S/5C8H18O2.C8H14O.C7H15ClO2.C7H12O/c5*1-5-7(9)6-10-8(2,3)4;1-5-6-7-9-8(2,3)4;1-7(2,3)10-5-6(9)4-8;1-5-6-8-7(2,3)4/h5*7,9H,5-6H2,1-4H3;1H,6-7H2,2-4H3;6,9H,4-5H2,1-3H3;1H,6H2,2-4H3/t3*7-;;;;6-;/m110...0./s1.